The van der Waals surface area contributed by atoms with Crippen LogP contribution in [0.5, 0.6) is 11.5 Å². The molecule has 2 N–H and O–H groups in total. The molecule has 0 saturated heterocycles. The maximum atomic E-state index is 8.87. The highest BCUT2D eigenvalue weighted by Gasteiger charge is 2.24. The van der Waals surface area contributed by atoms with Crippen LogP contribution in [0.3, 0.4) is 0 Å². The maximum Gasteiger partial charge on any atom is 0.161 e. The number of hydrogen-bond acceptors (Lipinski definition) is 4. The Bertz CT molecular complexity index is 402. The number of aliphatic hydroxyl groups is 1. The number of benzene rings is 1. The molecule has 0 saturated carbocycles. The monoisotopic (exact) mass is 253 g/mol. The third-order valence-corrected chi connectivity index (χ3v) is 3.14. The molecule has 1 aromatic rings. The Kier molecular flexibility index (Phi) is 4.99. The minimum Gasteiger partial charge on any atom is -0.493 e. The largest absolute Gasteiger partial charge is 0.493 e. The minimum atomic E-state index is -0.0909. The number of ether oxygens (including phenoxy) is 2. The fraction of sp³-hybridized carbons (Fsp3) is 0.571. The molecule has 0 radical (unpaired) electrons. The number of nitrogens with one attached hydrogen (secondary N) is 1. The average molecular weight is 253 g/mol. The van der Waals surface area contributed by atoms with Crippen LogP contribution in [0.1, 0.15) is 25.0 Å². The zero-order valence-electron chi connectivity index (χ0n) is 11.8. The highest BCUT2D eigenvalue weighted by Crippen LogP contribution is 2.35. The van der Waals surface area contributed by atoms with E-state index in [4.69, 9.17) is 14.6 Å². The number of aliphatic hydroxyl groups excluding tert-OH is 1. The Balaban J connectivity index is 3.15. The second-order valence-electron chi connectivity index (χ2n) is 4.99. The first kappa shape index (κ1) is 14.8. The third-order valence-electron chi connectivity index (χ3n) is 3.14. The van der Waals surface area contributed by atoms with Gasteiger partial charge in [-0.2, -0.15) is 0 Å². The molecule has 18 heavy (non-hydrogen) atoms. The summed E-state index contributed by atoms with van der Waals surface area (Å²) in [5.41, 5.74) is 2.24. The van der Waals surface area contributed by atoms with E-state index >= 15 is 0 Å². The minimum absolute atomic E-state index is 0.0181. The van der Waals surface area contributed by atoms with Crippen LogP contribution in [0.4, 0.5) is 0 Å². The van der Waals surface area contributed by atoms with Gasteiger partial charge in [-0.25, -0.2) is 0 Å². The quantitative estimate of drug-likeness (QED) is 0.759. The van der Waals surface area contributed by atoms with Gasteiger partial charge in [0.05, 0.1) is 21.0 Å². The molecular weight excluding hydrogens is 230 g/mol. The standard InChI is InChI=1S/C14H23NO3/c1-10-6-12(17-4)13(18-5)7-11(10)14(2,3)8-15-9-16/h6-7,15-16H,8-9H2,1-5H3. The van der Waals surface area contributed by atoms with E-state index < -0.39 is 0 Å². The molecule has 0 fully saturated rings. The predicted octanol–water partition coefficient (Wildman–Crippen LogP) is 1.83. The third kappa shape index (κ3) is 3.15. The molecule has 4 heteroatoms. The zero-order valence-corrected chi connectivity index (χ0v) is 11.8. The zero-order chi connectivity index (χ0) is 13.8. The Morgan fingerprint density at radius 2 is 1.72 bits per heavy atom. The molecule has 0 aliphatic carbocycles. The average Bonchev–Trinajstić information content (AvgIpc) is 2.35. The number of methoxy groups -OCH3 is 2. The SMILES string of the molecule is COc1cc(C)c(C(C)(C)CNCO)cc1OC. The Morgan fingerprint density at radius 1 is 1.17 bits per heavy atom. The lowest BCUT2D eigenvalue weighted by Gasteiger charge is -2.28. The van der Waals surface area contributed by atoms with Gasteiger partial charge in [0, 0.05) is 12.0 Å². The first-order chi connectivity index (χ1) is 8.46. The van der Waals surface area contributed by atoms with E-state index in [2.05, 4.69) is 26.1 Å². The van der Waals surface area contributed by atoms with E-state index in [1.165, 1.54) is 5.56 Å². The van der Waals surface area contributed by atoms with Crippen LogP contribution in [0.15, 0.2) is 12.1 Å². The lowest BCUT2D eigenvalue weighted by atomic mass is 9.81. The van der Waals surface area contributed by atoms with Crippen molar-refractivity contribution in [3.63, 3.8) is 0 Å². The molecule has 4 nitrogen and oxygen atoms in total. The molecule has 0 aliphatic rings. The van der Waals surface area contributed by atoms with Crippen LogP contribution in [-0.2, 0) is 5.41 Å². The highest BCUT2D eigenvalue weighted by molar-refractivity contribution is 5.49. The van der Waals surface area contributed by atoms with Crippen molar-refractivity contribution in [2.75, 3.05) is 27.5 Å². The van der Waals surface area contributed by atoms with Crippen LogP contribution >= 0.6 is 0 Å². The topological polar surface area (TPSA) is 50.7 Å². The molecule has 0 amide bonds. The van der Waals surface area contributed by atoms with Crippen molar-refractivity contribution >= 4 is 0 Å². The molecule has 0 aliphatic heterocycles. The van der Waals surface area contributed by atoms with Crippen molar-refractivity contribution in [1.29, 1.82) is 0 Å². The molecule has 0 aromatic heterocycles. The van der Waals surface area contributed by atoms with Gasteiger partial charge in [-0.1, -0.05) is 13.8 Å². The van der Waals surface area contributed by atoms with Gasteiger partial charge in [-0.05, 0) is 30.2 Å². The van der Waals surface area contributed by atoms with Gasteiger partial charge in [-0.3, -0.25) is 5.32 Å². The summed E-state index contributed by atoms with van der Waals surface area (Å²) >= 11 is 0. The smallest absolute Gasteiger partial charge is 0.161 e. The molecule has 0 spiro atoms. The van der Waals surface area contributed by atoms with E-state index in [-0.39, 0.29) is 12.1 Å². The lowest BCUT2D eigenvalue weighted by molar-refractivity contribution is 0.247. The van der Waals surface area contributed by atoms with Crippen molar-refractivity contribution in [1.82, 2.24) is 5.32 Å². The fourth-order valence-electron chi connectivity index (χ4n) is 2.17. The number of rotatable bonds is 6. The van der Waals surface area contributed by atoms with Crippen molar-refractivity contribution in [3.05, 3.63) is 23.3 Å². The van der Waals surface area contributed by atoms with E-state index in [9.17, 15) is 0 Å². The van der Waals surface area contributed by atoms with Gasteiger partial charge in [0.25, 0.3) is 0 Å². The van der Waals surface area contributed by atoms with E-state index in [1.54, 1.807) is 14.2 Å². The van der Waals surface area contributed by atoms with Crippen LogP contribution in [0, 0.1) is 6.92 Å². The number of aryl methyl sites for hydroxylation is 1. The molecule has 1 rings (SSSR count). The summed E-state index contributed by atoms with van der Waals surface area (Å²) in [5, 5.41) is 11.8. The summed E-state index contributed by atoms with van der Waals surface area (Å²) < 4.78 is 10.6. The molecule has 0 unspecified atom stereocenters. The molecule has 102 valence electrons. The first-order valence-corrected chi connectivity index (χ1v) is 6.01. The maximum absolute atomic E-state index is 8.87. The molecule has 0 bridgehead atoms. The van der Waals surface area contributed by atoms with Crippen molar-refractivity contribution in [2.45, 2.75) is 26.2 Å². The van der Waals surface area contributed by atoms with E-state index in [0.29, 0.717) is 6.54 Å². The van der Waals surface area contributed by atoms with Gasteiger partial charge in [0.1, 0.15) is 0 Å². The van der Waals surface area contributed by atoms with Gasteiger partial charge < -0.3 is 14.6 Å². The van der Waals surface area contributed by atoms with Crippen LogP contribution in [0.25, 0.3) is 0 Å². The van der Waals surface area contributed by atoms with E-state index in [1.807, 2.05) is 12.1 Å². The lowest BCUT2D eigenvalue weighted by Crippen LogP contribution is -2.34. The summed E-state index contributed by atoms with van der Waals surface area (Å²) in [6, 6.07) is 3.99. The Hall–Kier alpha value is -1.26. The summed E-state index contributed by atoms with van der Waals surface area (Å²) in [4.78, 5) is 0. The predicted molar refractivity (Wildman–Crippen MR) is 72.4 cm³/mol. The van der Waals surface area contributed by atoms with Crippen molar-refractivity contribution in [3.8, 4) is 11.5 Å². The summed E-state index contributed by atoms with van der Waals surface area (Å²) in [7, 11) is 3.27. The summed E-state index contributed by atoms with van der Waals surface area (Å²) in [6.07, 6.45) is 0. The Labute approximate surface area is 109 Å². The number of hydrogen-bond donors (Lipinski definition) is 2. The normalized spacial score (nSPS) is 11.4. The van der Waals surface area contributed by atoms with E-state index in [0.717, 1.165) is 17.1 Å². The van der Waals surface area contributed by atoms with Crippen LogP contribution in [0.2, 0.25) is 0 Å². The van der Waals surface area contributed by atoms with Crippen LogP contribution < -0.4 is 14.8 Å². The van der Waals surface area contributed by atoms with Gasteiger partial charge in [0.2, 0.25) is 0 Å². The van der Waals surface area contributed by atoms with Gasteiger partial charge in [-0.15, -0.1) is 0 Å². The van der Waals surface area contributed by atoms with Crippen LogP contribution in [-0.4, -0.2) is 32.6 Å². The van der Waals surface area contributed by atoms with Crippen molar-refractivity contribution in [2.24, 2.45) is 0 Å². The fourth-order valence-corrected chi connectivity index (χ4v) is 2.17. The summed E-state index contributed by atoms with van der Waals surface area (Å²) in [6.45, 7) is 6.99. The Morgan fingerprint density at radius 3 is 2.22 bits per heavy atom. The molecule has 1 aromatic carbocycles. The van der Waals surface area contributed by atoms with Crippen molar-refractivity contribution < 1.29 is 14.6 Å². The van der Waals surface area contributed by atoms with Gasteiger partial charge in [0.15, 0.2) is 11.5 Å². The van der Waals surface area contributed by atoms with Gasteiger partial charge >= 0.3 is 0 Å². The second-order valence-corrected chi connectivity index (χ2v) is 4.99. The molecular formula is C14H23NO3. The summed E-state index contributed by atoms with van der Waals surface area (Å²) in [5.74, 6) is 1.47. The molecule has 0 atom stereocenters. The first-order valence-electron chi connectivity index (χ1n) is 6.01. The highest BCUT2D eigenvalue weighted by atomic mass is 16.5. The molecule has 0 heterocycles. The second kappa shape index (κ2) is 6.07.